The Bertz CT molecular complexity index is 858. The molecule has 6 heteroatoms. The normalized spacial score (nSPS) is 11.1. The molecule has 0 unspecified atom stereocenters. The van der Waals surface area contributed by atoms with Crippen molar-refractivity contribution in [3.05, 3.63) is 51.0 Å². The molecular weight excluding hydrogens is 312 g/mol. The minimum atomic E-state index is 0.282. The number of hydrogen-bond acceptors (Lipinski definition) is 3. The second-order valence-electron chi connectivity index (χ2n) is 4.08. The fraction of sp³-hybridized carbons (Fsp3) is 0.0769. The minimum Gasteiger partial charge on any atom is -0.805 e. The highest BCUT2D eigenvalue weighted by molar-refractivity contribution is 9.10. The third-order valence-corrected chi connectivity index (χ3v) is 3.49. The zero-order chi connectivity index (χ0) is 13.6. The zero-order valence-electron chi connectivity index (χ0n) is 9.96. The van der Waals surface area contributed by atoms with Crippen molar-refractivity contribution in [1.29, 1.82) is 0 Å². The Balaban J connectivity index is 2.56. The number of methoxy groups -OCH3 is 1. The minimum absolute atomic E-state index is 0.282. The molecule has 96 valence electrons. The van der Waals surface area contributed by atoms with Crippen molar-refractivity contribution in [2.75, 3.05) is 7.11 Å². The number of hydrogen-bond donors (Lipinski definition) is 0. The molecule has 0 aliphatic heterocycles. The van der Waals surface area contributed by atoms with Gasteiger partial charge in [-0.2, -0.15) is 0 Å². The third kappa shape index (κ3) is 1.76. The summed E-state index contributed by atoms with van der Waals surface area (Å²) < 4.78 is 7.32. The second kappa shape index (κ2) is 4.24. The van der Waals surface area contributed by atoms with E-state index in [2.05, 4.69) is 15.9 Å². The van der Waals surface area contributed by atoms with E-state index in [0.29, 0.717) is 22.3 Å². The number of halogens is 1. The van der Waals surface area contributed by atoms with Crippen molar-refractivity contribution in [3.8, 4) is 5.75 Å². The highest BCUT2D eigenvalue weighted by atomic mass is 79.9. The van der Waals surface area contributed by atoms with Crippen molar-refractivity contribution in [2.24, 2.45) is 0 Å². The lowest BCUT2D eigenvalue weighted by molar-refractivity contribution is -0.432. The molecule has 2 aromatic carbocycles. The quantitative estimate of drug-likeness (QED) is 0.511. The maximum Gasteiger partial charge on any atom is 0.290 e. The molecule has 5 nitrogen and oxygen atoms in total. The van der Waals surface area contributed by atoms with Gasteiger partial charge in [-0.15, -0.1) is 0 Å². The van der Waals surface area contributed by atoms with Crippen molar-refractivity contribution in [2.45, 2.75) is 0 Å². The van der Waals surface area contributed by atoms with Crippen molar-refractivity contribution >= 4 is 38.0 Å². The smallest absolute Gasteiger partial charge is 0.290 e. The van der Waals surface area contributed by atoms with Crippen LogP contribution in [0.2, 0.25) is 0 Å². The lowest BCUT2D eigenvalue weighted by Gasteiger charge is -2.14. The van der Waals surface area contributed by atoms with E-state index in [1.54, 1.807) is 36.4 Å². The van der Waals surface area contributed by atoms with Crippen LogP contribution in [0.15, 0.2) is 40.9 Å². The highest BCUT2D eigenvalue weighted by Crippen LogP contribution is 2.23. The van der Waals surface area contributed by atoms with Gasteiger partial charge < -0.3 is 14.7 Å². The number of aromatic nitrogens is 2. The van der Waals surface area contributed by atoms with E-state index in [0.717, 1.165) is 13.6 Å². The van der Waals surface area contributed by atoms with Crippen LogP contribution >= 0.6 is 15.9 Å². The Morgan fingerprint density at radius 2 is 1.95 bits per heavy atom. The lowest BCUT2D eigenvalue weighted by Crippen LogP contribution is -2.19. The lowest BCUT2D eigenvalue weighted by atomic mass is 10.2. The molecule has 1 aromatic heterocycles. The Morgan fingerprint density at radius 3 is 2.68 bits per heavy atom. The maximum atomic E-state index is 12.3. The fourth-order valence-corrected chi connectivity index (χ4v) is 2.40. The number of fused-ring (bicyclic) bond motifs is 2. The van der Waals surface area contributed by atoms with E-state index in [-0.39, 0.29) is 5.52 Å². The van der Waals surface area contributed by atoms with Crippen LogP contribution in [0.5, 0.6) is 5.75 Å². The monoisotopic (exact) mass is 320 g/mol. The topological polar surface area (TPSA) is 60.2 Å². The van der Waals surface area contributed by atoms with Crippen molar-refractivity contribution < 1.29 is 9.16 Å². The molecular formula is C13H9BrN2O3. The average Bonchev–Trinajstić information content (AvgIpc) is 2.44. The van der Waals surface area contributed by atoms with Gasteiger partial charge in [-0.1, -0.05) is 15.9 Å². The van der Waals surface area contributed by atoms with Crippen molar-refractivity contribution in [1.82, 2.24) is 4.73 Å². The first-order valence-corrected chi connectivity index (χ1v) is 6.33. The maximum absolute atomic E-state index is 12.3. The first-order valence-electron chi connectivity index (χ1n) is 5.54. The first-order chi connectivity index (χ1) is 9.11. The second-order valence-corrected chi connectivity index (χ2v) is 4.99. The standard InChI is InChI=1S/C13H9BrN2O3/c1-19-9-3-5-11-13(7-9)16(18)10-4-2-8(14)6-12(10)15(11)17/h2-7H,1H3. The molecule has 3 aromatic rings. The zero-order valence-corrected chi connectivity index (χ0v) is 11.5. The molecule has 0 radical (unpaired) electrons. The van der Waals surface area contributed by atoms with Gasteiger partial charge in [0.1, 0.15) is 16.8 Å². The van der Waals surface area contributed by atoms with Crippen LogP contribution in [0.3, 0.4) is 0 Å². The summed E-state index contributed by atoms with van der Waals surface area (Å²) in [4.78, 5) is 12.3. The summed E-state index contributed by atoms with van der Waals surface area (Å²) >= 11 is 3.29. The Hall–Kier alpha value is -2.08. The molecule has 0 atom stereocenters. The van der Waals surface area contributed by atoms with E-state index in [1.165, 1.54) is 7.11 Å². The van der Waals surface area contributed by atoms with Crippen LogP contribution in [0.1, 0.15) is 0 Å². The molecule has 0 amide bonds. The van der Waals surface area contributed by atoms with Gasteiger partial charge in [0.05, 0.1) is 17.6 Å². The number of nitrogens with zero attached hydrogens (tertiary/aromatic N) is 2. The predicted molar refractivity (Wildman–Crippen MR) is 75.8 cm³/mol. The van der Waals surface area contributed by atoms with E-state index in [1.807, 2.05) is 0 Å². The van der Waals surface area contributed by atoms with Gasteiger partial charge in [0.2, 0.25) is 0 Å². The molecule has 0 spiro atoms. The highest BCUT2D eigenvalue weighted by Gasteiger charge is 2.16. The number of benzene rings is 2. The van der Waals surface area contributed by atoms with Gasteiger partial charge in [-0.25, -0.2) is 0 Å². The van der Waals surface area contributed by atoms with Crippen LogP contribution in [0.25, 0.3) is 22.1 Å². The third-order valence-electron chi connectivity index (χ3n) is 3.00. The molecule has 3 rings (SSSR count). The fourth-order valence-electron chi connectivity index (χ4n) is 2.06. The molecule has 19 heavy (non-hydrogen) atoms. The van der Waals surface area contributed by atoms with Gasteiger partial charge in [-0.3, -0.25) is 0 Å². The summed E-state index contributed by atoms with van der Waals surface area (Å²) in [6.45, 7) is 0. The largest absolute Gasteiger partial charge is 0.805 e. The Morgan fingerprint density at radius 1 is 1.16 bits per heavy atom. The van der Waals surface area contributed by atoms with E-state index < -0.39 is 0 Å². The van der Waals surface area contributed by atoms with Gasteiger partial charge in [-0.05, 0) is 24.3 Å². The number of rotatable bonds is 1. The molecule has 0 saturated carbocycles. The summed E-state index contributed by atoms with van der Waals surface area (Å²) in [6, 6.07) is 9.75. The summed E-state index contributed by atoms with van der Waals surface area (Å²) in [5.41, 5.74) is 1.23. The first kappa shape index (κ1) is 12.0. The summed E-state index contributed by atoms with van der Waals surface area (Å²) in [5.74, 6) is 0.536. The predicted octanol–water partition coefficient (Wildman–Crippen LogP) is 2.83. The number of ether oxygens (including phenoxy) is 1. The molecule has 0 N–H and O–H groups in total. The molecule has 0 saturated heterocycles. The molecule has 0 fully saturated rings. The van der Waals surface area contributed by atoms with Gasteiger partial charge >= 0.3 is 0 Å². The van der Waals surface area contributed by atoms with E-state index in [4.69, 9.17) is 4.74 Å². The van der Waals surface area contributed by atoms with Crippen LogP contribution in [0, 0.1) is 10.1 Å². The molecule has 0 aliphatic rings. The SMILES string of the molecule is COc1ccc2c(c1)[n+](=O)c1ccc(Br)cc1n2[O-]. The summed E-state index contributed by atoms with van der Waals surface area (Å²) in [5, 5.41) is 12.3. The van der Waals surface area contributed by atoms with Crippen LogP contribution in [-0.2, 0) is 0 Å². The Labute approximate surface area is 116 Å². The van der Waals surface area contributed by atoms with E-state index in [9.17, 15) is 10.1 Å². The van der Waals surface area contributed by atoms with Gasteiger partial charge in [0.25, 0.3) is 11.0 Å². The van der Waals surface area contributed by atoms with Gasteiger partial charge in [0, 0.05) is 15.4 Å². The van der Waals surface area contributed by atoms with Crippen LogP contribution in [0.4, 0.5) is 0 Å². The van der Waals surface area contributed by atoms with Crippen LogP contribution in [-0.4, -0.2) is 11.8 Å². The summed E-state index contributed by atoms with van der Waals surface area (Å²) in [7, 11) is 1.51. The van der Waals surface area contributed by atoms with E-state index >= 15 is 0 Å². The molecule has 0 bridgehead atoms. The van der Waals surface area contributed by atoms with Crippen LogP contribution < -0.4 is 9.16 Å². The summed E-state index contributed by atoms with van der Waals surface area (Å²) in [6.07, 6.45) is 0. The molecule has 0 aliphatic carbocycles. The van der Waals surface area contributed by atoms with Crippen molar-refractivity contribution in [3.63, 3.8) is 0 Å². The average molecular weight is 321 g/mol. The molecule has 1 heterocycles. The van der Waals surface area contributed by atoms with Gasteiger partial charge in [0.15, 0.2) is 0 Å². The Kier molecular flexibility index (Phi) is 2.67.